The Morgan fingerprint density at radius 3 is 2.20 bits per heavy atom. The molecule has 0 fully saturated rings. The van der Waals surface area contributed by atoms with E-state index < -0.39 is 29.9 Å². The number of ether oxygens (including phenoxy) is 2. The van der Waals surface area contributed by atoms with Crippen molar-refractivity contribution >= 4 is 46.7 Å². The van der Waals surface area contributed by atoms with Gasteiger partial charge >= 0.3 is 12.0 Å². The number of anilines is 3. The van der Waals surface area contributed by atoms with Gasteiger partial charge in [-0.25, -0.2) is 4.79 Å². The van der Waals surface area contributed by atoms with Gasteiger partial charge in [0.05, 0.1) is 18.5 Å². The molecule has 4 rings (SSSR count). The minimum atomic E-state index is -1.12. The molecule has 0 spiro atoms. The molecule has 50 heavy (non-hydrogen) atoms. The number of carboxylic acid groups (broad SMARTS) is 1. The Hall–Kier alpha value is -5.59. The summed E-state index contributed by atoms with van der Waals surface area (Å²) >= 11 is 0. The number of nitrogens with zero attached hydrogens (tertiary/aromatic N) is 2. The van der Waals surface area contributed by atoms with Crippen LogP contribution in [0.5, 0.6) is 11.5 Å². The van der Waals surface area contributed by atoms with Crippen LogP contribution in [0.15, 0.2) is 66.7 Å². The highest BCUT2D eigenvalue weighted by molar-refractivity contribution is 6.01. The molecule has 0 atom stereocenters. The van der Waals surface area contributed by atoms with E-state index in [1.54, 1.807) is 44.2 Å². The van der Waals surface area contributed by atoms with Crippen LogP contribution in [0.25, 0.3) is 0 Å². The van der Waals surface area contributed by atoms with Crippen molar-refractivity contribution in [1.82, 2.24) is 9.80 Å². The number of Topliss-reactive ketones (excluding diaryl/α,β-unsaturated/α-hetero) is 1. The second kappa shape index (κ2) is 16.7. The Bertz CT molecular complexity index is 1710. The lowest BCUT2D eigenvalue weighted by Gasteiger charge is -2.32. The quantitative estimate of drug-likeness (QED) is 0.150. The van der Waals surface area contributed by atoms with Gasteiger partial charge in [0.1, 0.15) is 6.54 Å². The third-order valence-corrected chi connectivity index (χ3v) is 8.18. The number of aliphatic carboxylic acids is 1. The minimum Gasteiger partial charge on any atom is -0.481 e. The molecule has 0 radical (unpaired) electrons. The number of carbonyl (C=O) groups excluding carboxylic acids is 4. The van der Waals surface area contributed by atoms with E-state index in [-0.39, 0.29) is 56.1 Å². The maximum atomic E-state index is 13.7. The summed E-state index contributed by atoms with van der Waals surface area (Å²) in [7, 11) is 0. The van der Waals surface area contributed by atoms with Crippen molar-refractivity contribution in [3.8, 4) is 11.5 Å². The summed E-state index contributed by atoms with van der Waals surface area (Å²) < 4.78 is 10.7. The Labute approximate surface area is 291 Å². The van der Waals surface area contributed by atoms with E-state index in [1.807, 2.05) is 45.0 Å². The van der Waals surface area contributed by atoms with E-state index >= 15 is 0 Å². The monoisotopic (exact) mass is 687 g/mol. The zero-order chi connectivity index (χ0) is 36.4. The van der Waals surface area contributed by atoms with Crippen molar-refractivity contribution in [3.05, 3.63) is 77.9 Å². The molecular formula is C37H45N5O8. The third-order valence-electron chi connectivity index (χ3n) is 8.18. The van der Waals surface area contributed by atoms with Gasteiger partial charge in [-0.3, -0.25) is 19.2 Å². The van der Waals surface area contributed by atoms with Gasteiger partial charge in [-0.2, -0.15) is 0 Å². The summed E-state index contributed by atoms with van der Waals surface area (Å²) in [6.45, 7) is 8.79. The van der Waals surface area contributed by atoms with E-state index in [2.05, 4.69) is 16.0 Å². The topological polar surface area (TPSA) is 167 Å². The van der Waals surface area contributed by atoms with Crippen LogP contribution in [-0.2, 0) is 14.4 Å². The van der Waals surface area contributed by atoms with Crippen molar-refractivity contribution < 1.29 is 38.6 Å². The van der Waals surface area contributed by atoms with E-state index in [0.717, 1.165) is 5.56 Å². The predicted octanol–water partition coefficient (Wildman–Crippen LogP) is 5.62. The lowest BCUT2D eigenvalue weighted by atomic mass is 9.97. The highest BCUT2D eigenvalue weighted by Gasteiger charge is 2.32. The number of para-hydroxylation sites is 1. The van der Waals surface area contributed by atoms with E-state index in [9.17, 15) is 29.1 Å². The van der Waals surface area contributed by atoms with E-state index in [4.69, 9.17) is 9.47 Å². The first kappa shape index (κ1) is 37.2. The second-order valence-electron chi connectivity index (χ2n) is 13.1. The molecule has 0 unspecified atom stereocenters. The van der Waals surface area contributed by atoms with Crippen molar-refractivity contribution in [2.75, 3.05) is 48.9 Å². The molecule has 1 aliphatic heterocycles. The molecule has 0 saturated carbocycles. The Balaban J connectivity index is 1.41. The zero-order valence-corrected chi connectivity index (χ0v) is 29.1. The van der Waals surface area contributed by atoms with Crippen LogP contribution in [0.3, 0.4) is 0 Å². The summed E-state index contributed by atoms with van der Waals surface area (Å²) in [6, 6.07) is 18.6. The highest BCUT2D eigenvalue weighted by Crippen LogP contribution is 2.33. The van der Waals surface area contributed by atoms with Crippen molar-refractivity contribution in [3.63, 3.8) is 0 Å². The first-order valence-corrected chi connectivity index (χ1v) is 16.5. The fraction of sp³-hybridized carbons (Fsp3) is 0.378. The lowest BCUT2D eigenvalue weighted by Crippen LogP contribution is -2.50. The highest BCUT2D eigenvalue weighted by atomic mass is 16.7. The average Bonchev–Trinajstić information content (AvgIpc) is 3.54. The second-order valence-corrected chi connectivity index (χ2v) is 13.1. The molecule has 3 aromatic carbocycles. The van der Waals surface area contributed by atoms with Crippen LogP contribution >= 0.6 is 0 Å². The number of ketones is 1. The van der Waals surface area contributed by atoms with Crippen LogP contribution < -0.4 is 25.4 Å². The van der Waals surface area contributed by atoms with Gasteiger partial charge in [0.2, 0.25) is 12.7 Å². The minimum absolute atomic E-state index is 0.0223. The van der Waals surface area contributed by atoms with Crippen LogP contribution in [0.2, 0.25) is 0 Å². The number of amides is 4. The first-order chi connectivity index (χ1) is 23.7. The average molecular weight is 688 g/mol. The number of carbonyl (C=O) groups is 5. The zero-order valence-electron chi connectivity index (χ0n) is 29.1. The standard InChI is InChI=1S/C37H45N5O8/c1-24(2)16-18-41(33(44)22-42(19-17-34(45)46)35(47)26-10-15-30-31(20-26)50-23-49-30)21-32(43)37(4,5)40-28-13-11-27(12-14-28)38-36(48)39-29-9-7-6-8-25(29)3/h6-15,20,24,40H,16-19,21-23H2,1-5H3,(H,45,46)(H2,38,39,48). The van der Waals surface area contributed by atoms with Gasteiger partial charge in [-0.1, -0.05) is 32.0 Å². The third kappa shape index (κ3) is 10.5. The van der Waals surface area contributed by atoms with Crippen molar-refractivity contribution in [2.24, 2.45) is 5.92 Å². The van der Waals surface area contributed by atoms with Gasteiger partial charge in [-0.15, -0.1) is 0 Å². The lowest BCUT2D eigenvalue weighted by molar-refractivity contribution is -0.139. The summed E-state index contributed by atoms with van der Waals surface area (Å²) in [6.07, 6.45) is 0.251. The SMILES string of the molecule is Cc1ccccc1NC(=O)Nc1ccc(NC(C)(C)C(=O)CN(CCC(C)C)C(=O)CN(CCC(=O)O)C(=O)c2ccc3c(c2)OCO3)cc1. The van der Waals surface area contributed by atoms with E-state index in [1.165, 1.54) is 21.9 Å². The predicted molar refractivity (Wildman–Crippen MR) is 190 cm³/mol. The molecule has 1 aliphatic rings. The fourth-order valence-corrected chi connectivity index (χ4v) is 5.10. The maximum Gasteiger partial charge on any atom is 0.323 e. The molecule has 0 aliphatic carbocycles. The molecule has 4 N–H and O–H groups in total. The summed E-state index contributed by atoms with van der Waals surface area (Å²) in [4.78, 5) is 67.5. The summed E-state index contributed by atoms with van der Waals surface area (Å²) in [5, 5.41) is 18.2. The van der Waals surface area contributed by atoms with Gasteiger partial charge in [0.25, 0.3) is 5.91 Å². The molecule has 3 aromatic rings. The molecule has 0 aromatic heterocycles. The van der Waals surface area contributed by atoms with Crippen LogP contribution in [0.1, 0.15) is 56.5 Å². The number of rotatable bonds is 16. The summed E-state index contributed by atoms with van der Waals surface area (Å²) in [5.41, 5.74) is 1.94. The maximum absolute atomic E-state index is 13.7. The number of nitrogens with one attached hydrogen (secondary N) is 3. The van der Waals surface area contributed by atoms with Gasteiger partial charge in [0, 0.05) is 35.7 Å². The van der Waals surface area contributed by atoms with Crippen LogP contribution in [0.4, 0.5) is 21.9 Å². The smallest absolute Gasteiger partial charge is 0.323 e. The van der Waals surface area contributed by atoms with Gasteiger partial charge in [0.15, 0.2) is 17.3 Å². The molecule has 4 amide bonds. The number of hydrogen-bond acceptors (Lipinski definition) is 8. The van der Waals surface area contributed by atoms with Crippen LogP contribution in [0, 0.1) is 12.8 Å². The first-order valence-electron chi connectivity index (χ1n) is 16.5. The molecular weight excluding hydrogens is 642 g/mol. The fourth-order valence-electron chi connectivity index (χ4n) is 5.10. The molecule has 13 nitrogen and oxygen atoms in total. The van der Waals surface area contributed by atoms with Crippen molar-refractivity contribution in [1.29, 1.82) is 0 Å². The molecule has 266 valence electrons. The number of carboxylic acids is 1. The van der Waals surface area contributed by atoms with Gasteiger partial charge in [-0.05, 0) is 87.2 Å². The van der Waals surface area contributed by atoms with Crippen molar-refractivity contribution in [2.45, 2.75) is 53.0 Å². The Morgan fingerprint density at radius 2 is 1.52 bits per heavy atom. The normalized spacial score (nSPS) is 11.9. The summed E-state index contributed by atoms with van der Waals surface area (Å²) in [5.74, 6) is -1.30. The largest absolute Gasteiger partial charge is 0.481 e. The number of benzene rings is 3. The molecule has 1 heterocycles. The molecule has 13 heteroatoms. The molecule has 0 saturated heterocycles. The van der Waals surface area contributed by atoms with Crippen LogP contribution in [-0.4, -0.2) is 83.0 Å². The number of hydrogen-bond donors (Lipinski definition) is 4. The molecule has 0 bridgehead atoms. The Morgan fingerprint density at radius 1 is 0.840 bits per heavy atom. The Kier molecular flexibility index (Phi) is 12.4. The number of urea groups is 1. The van der Waals surface area contributed by atoms with E-state index in [0.29, 0.717) is 35.0 Å². The number of fused-ring (bicyclic) bond motifs is 1. The number of aryl methyl sites for hydroxylation is 1. The van der Waals surface area contributed by atoms with Gasteiger partial charge < -0.3 is 40.3 Å².